The topological polar surface area (TPSA) is 15.3 Å². The molecule has 0 amide bonds. The zero-order valence-electron chi connectivity index (χ0n) is 18.1. The van der Waals surface area contributed by atoms with E-state index in [0.29, 0.717) is 11.5 Å². The molecular formula is C28H34N2. The molecule has 30 heavy (non-hydrogen) atoms. The third-order valence-electron chi connectivity index (χ3n) is 6.95. The molecule has 1 atom stereocenters. The van der Waals surface area contributed by atoms with Crippen LogP contribution in [0.5, 0.6) is 0 Å². The van der Waals surface area contributed by atoms with Crippen molar-refractivity contribution >= 4 is 5.70 Å². The normalized spacial score (nSPS) is 19.7. The molecule has 0 radical (unpaired) electrons. The molecule has 1 saturated carbocycles. The van der Waals surface area contributed by atoms with Crippen LogP contribution in [0.3, 0.4) is 0 Å². The lowest BCUT2D eigenvalue weighted by molar-refractivity contribution is 0.287. The molecule has 1 spiro atoms. The Kier molecular flexibility index (Phi) is 6.13. The van der Waals surface area contributed by atoms with E-state index in [1.54, 1.807) is 0 Å². The molecule has 2 nitrogen and oxygen atoms in total. The predicted octanol–water partition coefficient (Wildman–Crippen LogP) is 6.17. The summed E-state index contributed by atoms with van der Waals surface area (Å²) in [6.45, 7) is 14.6. The number of rotatable bonds is 8. The molecule has 1 N–H and O–H groups in total. The Labute approximate surface area is 182 Å². The van der Waals surface area contributed by atoms with Gasteiger partial charge in [0.05, 0.1) is 6.54 Å². The summed E-state index contributed by atoms with van der Waals surface area (Å²) in [7, 11) is 0. The van der Waals surface area contributed by atoms with Crippen molar-refractivity contribution in [3.8, 4) is 0 Å². The van der Waals surface area contributed by atoms with E-state index in [2.05, 4.69) is 90.6 Å². The van der Waals surface area contributed by atoms with Gasteiger partial charge in [-0.1, -0.05) is 86.7 Å². The van der Waals surface area contributed by atoms with Gasteiger partial charge in [0.15, 0.2) is 0 Å². The summed E-state index contributed by atoms with van der Waals surface area (Å²) in [5.74, 6) is 0. The summed E-state index contributed by atoms with van der Waals surface area (Å²) in [6, 6.07) is 19.7. The highest BCUT2D eigenvalue weighted by atomic mass is 15.2. The Morgan fingerprint density at radius 2 is 1.67 bits per heavy atom. The quantitative estimate of drug-likeness (QED) is 0.535. The second-order valence-electron chi connectivity index (χ2n) is 9.10. The van der Waals surface area contributed by atoms with Gasteiger partial charge in [0, 0.05) is 24.0 Å². The molecule has 156 valence electrons. The molecule has 1 aliphatic carbocycles. The van der Waals surface area contributed by atoms with Crippen LogP contribution in [-0.4, -0.2) is 24.0 Å². The zero-order valence-corrected chi connectivity index (χ0v) is 18.1. The molecule has 1 saturated heterocycles. The van der Waals surface area contributed by atoms with Gasteiger partial charge in [0.1, 0.15) is 0 Å². The van der Waals surface area contributed by atoms with Crippen molar-refractivity contribution in [3.05, 3.63) is 103 Å². The highest BCUT2D eigenvalue weighted by Gasteiger charge is 2.44. The first-order chi connectivity index (χ1) is 14.6. The fourth-order valence-corrected chi connectivity index (χ4v) is 5.21. The van der Waals surface area contributed by atoms with Crippen LogP contribution in [0.25, 0.3) is 5.70 Å². The lowest BCUT2D eigenvalue weighted by Crippen LogP contribution is -2.32. The van der Waals surface area contributed by atoms with E-state index < -0.39 is 0 Å². The molecule has 0 aromatic heterocycles. The molecule has 0 bridgehead atoms. The standard InChI is InChI=1S/C28H34N2/c1-4-27-19-28(16-8-9-17-28)21-30(27)22(2)20-29-23(3)26-14-12-25(13-15-26)18-24-10-6-5-7-11-24/h4-7,10-15,27,29H,1-3,8-9,16-21H2. The molecule has 4 rings (SSSR count). The van der Waals surface area contributed by atoms with E-state index in [1.807, 2.05) is 0 Å². The lowest BCUT2D eigenvalue weighted by Gasteiger charge is -2.28. The Bertz CT molecular complexity index is 888. The molecule has 2 aliphatic rings. The van der Waals surface area contributed by atoms with Crippen LogP contribution >= 0.6 is 0 Å². The third-order valence-corrected chi connectivity index (χ3v) is 6.95. The molecule has 2 heteroatoms. The maximum absolute atomic E-state index is 4.39. The molecule has 2 aromatic carbocycles. The molecule has 1 unspecified atom stereocenters. The number of benzene rings is 2. The van der Waals surface area contributed by atoms with E-state index in [0.717, 1.165) is 36.5 Å². The maximum Gasteiger partial charge on any atom is 0.0544 e. The average Bonchev–Trinajstić information content (AvgIpc) is 3.39. The minimum absolute atomic E-state index is 0.419. The monoisotopic (exact) mass is 398 g/mol. The second-order valence-corrected chi connectivity index (χ2v) is 9.10. The Hall–Kier alpha value is -2.74. The van der Waals surface area contributed by atoms with Gasteiger partial charge in [0.2, 0.25) is 0 Å². The van der Waals surface area contributed by atoms with Crippen molar-refractivity contribution in [2.24, 2.45) is 5.41 Å². The summed E-state index contributed by atoms with van der Waals surface area (Å²) < 4.78 is 0. The van der Waals surface area contributed by atoms with Crippen LogP contribution in [0.4, 0.5) is 0 Å². The number of nitrogens with one attached hydrogen (secondary N) is 1. The van der Waals surface area contributed by atoms with E-state index in [1.165, 1.54) is 43.2 Å². The zero-order chi connectivity index (χ0) is 21.0. The summed E-state index contributed by atoms with van der Waals surface area (Å²) in [6.07, 6.45) is 9.77. The lowest BCUT2D eigenvalue weighted by atomic mass is 9.84. The van der Waals surface area contributed by atoms with Crippen molar-refractivity contribution < 1.29 is 0 Å². The van der Waals surface area contributed by atoms with Gasteiger partial charge < -0.3 is 10.2 Å². The maximum atomic E-state index is 4.39. The molecular weight excluding hydrogens is 364 g/mol. The van der Waals surface area contributed by atoms with Crippen molar-refractivity contribution in [2.75, 3.05) is 13.1 Å². The molecule has 2 fully saturated rings. The SMILES string of the molecule is C=CC1CC2(CCCC2)CN1C(=C)CNC(=C)c1ccc(Cc2ccccc2)cc1. The minimum Gasteiger partial charge on any atom is -0.379 e. The number of hydrogen-bond acceptors (Lipinski definition) is 2. The molecule has 1 heterocycles. The van der Waals surface area contributed by atoms with Crippen molar-refractivity contribution in [2.45, 2.75) is 44.6 Å². The van der Waals surface area contributed by atoms with Gasteiger partial charge in [0.25, 0.3) is 0 Å². The van der Waals surface area contributed by atoms with Crippen LogP contribution in [0.15, 0.2) is 86.1 Å². The summed E-state index contributed by atoms with van der Waals surface area (Å²) in [5, 5.41) is 3.50. The van der Waals surface area contributed by atoms with E-state index in [4.69, 9.17) is 0 Å². The summed E-state index contributed by atoms with van der Waals surface area (Å²) >= 11 is 0. The van der Waals surface area contributed by atoms with E-state index in [-0.39, 0.29) is 0 Å². The first-order valence-electron chi connectivity index (χ1n) is 11.2. The van der Waals surface area contributed by atoms with Crippen LogP contribution < -0.4 is 5.32 Å². The molecule has 1 aliphatic heterocycles. The highest BCUT2D eigenvalue weighted by Crippen LogP contribution is 2.48. The predicted molar refractivity (Wildman–Crippen MR) is 128 cm³/mol. The van der Waals surface area contributed by atoms with Gasteiger partial charge in [-0.2, -0.15) is 0 Å². The van der Waals surface area contributed by atoms with Crippen LogP contribution in [0.1, 0.15) is 48.8 Å². The first kappa shape index (κ1) is 20.5. The Morgan fingerprint density at radius 1 is 1.00 bits per heavy atom. The van der Waals surface area contributed by atoms with Gasteiger partial charge in [-0.15, -0.1) is 6.58 Å². The van der Waals surface area contributed by atoms with Gasteiger partial charge in [-0.05, 0) is 47.8 Å². The first-order valence-corrected chi connectivity index (χ1v) is 11.2. The number of hydrogen-bond donors (Lipinski definition) is 1. The van der Waals surface area contributed by atoms with Gasteiger partial charge in [-0.25, -0.2) is 0 Å². The smallest absolute Gasteiger partial charge is 0.0544 e. The van der Waals surface area contributed by atoms with Gasteiger partial charge >= 0.3 is 0 Å². The van der Waals surface area contributed by atoms with Crippen molar-refractivity contribution in [1.82, 2.24) is 10.2 Å². The van der Waals surface area contributed by atoms with Crippen LogP contribution in [0, 0.1) is 5.41 Å². The number of likely N-dealkylation sites (tertiary alicyclic amines) is 1. The average molecular weight is 399 g/mol. The van der Waals surface area contributed by atoms with E-state index >= 15 is 0 Å². The van der Waals surface area contributed by atoms with Crippen LogP contribution in [-0.2, 0) is 6.42 Å². The fourth-order valence-electron chi connectivity index (χ4n) is 5.21. The fraction of sp³-hybridized carbons (Fsp3) is 0.357. The summed E-state index contributed by atoms with van der Waals surface area (Å²) in [5.41, 5.74) is 6.37. The third kappa shape index (κ3) is 4.53. The Morgan fingerprint density at radius 3 is 2.33 bits per heavy atom. The van der Waals surface area contributed by atoms with Gasteiger partial charge in [-0.3, -0.25) is 0 Å². The highest BCUT2D eigenvalue weighted by molar-refractivity contribution is 5.62. The Balaban J connectivity index is 1.31. The summed E-state index contributed by atoms with van der Waals surface area (Å²) in [4.78, 5) is 2.47. The largest absolute Gasteiger partial charge is 0.379 e. The van der Waals surface area contributed by atoms with Crippen LogP contribution in [0.2, 0.25) is 0 Å². The number of nitrogens with zero attached hydrogens (tertiary/aromatic N) is 1. The minimum atomic E-state index is 0.419. The van der Waals surface area contributed by atoms with Crippen molar-refractivity contribution in [3.63, 3.8) is 0 Å². The van der Waals surface area contributed by atoms with E-state index in [9.17, 15) is 0 Å². The molecule has 2 aromatic rings. The van der Waals surface area contributed by atoms with Crippen molar-refractivity contribution in [1.29, 1.82) is 0 Å². The second kappa shape index (κ2) is 8.95.